The maximum absolute atomic E-state index is 13.2. The monoisotopic (exact) mass is 521 g/mol. The Hall–Kier alpha value is -2.77. The number of carbonyl (C=O) groups excluding carboxylic acids is 3. The number of benzene rings is 2. The third kappa shape index (κ3) is 9.78. The van der Waals surface area contributed by atoms with Crippen LogP contribution >= 0.6 is 23.2 Å². The number of hydrogen-bond donors (Lipinski definition) is 2. The summed E-state index contributed by atoms with van der Waals surface area (Å²) in [4.78, 5) is 39.6. The summed E-state index contributed by atoms with van der Waals surface area (Å²) in [6.07, 6.45) is 0.543. The van der Waals surface area contributed by atoms with Crippen LogP contribution in [0.3, 0.4) is 0 Å². The van der Waals surface area contributed by atoms with Crippen molar-refractivity contribution in [1.29, 1.82) is 0 Å². The minimum atomic E-state index is -0.872. The highest BCUT2D eigenvalue weighted by Crippen LogP contribution is 2.17. The number of ether oxygens (including phenoxy) is 1. The normalized spacial score (nSPS) is 12.3. The molecule has 35 heavy (non-hydrogen) atoms. The van der Waals surface area contributed by atoms with E-state index in [1.165, 1.54) is 6.92 Å². The predicted molar refractivity (Wildman–Crippen MR) is 140 cm³/mol. The Kier molecular flexibility index (Phi) is 12.4. The fourth-order valence-electron chi connectivity index (χ4n) is 3.67. The van der Waals surface area contributed by atoms with Gasteiger partial charge in [0.05, 0.1) is 6.61 Å². The van der Waals surface area contributed by atoms with Crippen molar-refractivity contribution in [3.63, 3.8) is 0 Å². The number of amides is 2. The number of nitrogens with one attached hydrogen (secondary N) is 2. The third-order valence-electron chi connectivity index (χ3n) is 5.31. The van der Waals surface area contributed by atoms with Crippen molar-refractivity contribution in [2.45, 2.75) is 38.8 Å². The van der Waals surface area contributed by atoms with Gasteiger partial charge in [-0.25, -0.2) is 4.79 Å². The van der Waals surface area contributed by atoms with E-state index in [0.717, 1.165) is 16.8 Å². The van der Waals surface area contributed by atoms with Crippen LogP contribution in [-0.2, 0) is 32.0 Å². The molecule has 0 aromatic heterocycles. The Balaban J connectivity index is 2.16. The number of anilines is 1. The van der Waals surface area contributed by atoms with Crippen molar-refractivity contribution in [3.8, 4) is 0 Å². The van der Waals surface area contributed by atoms with Gasteiger partial charge in [0, 0.05) is 50.3 Å². The molecule has 2 amide bonds. The molecule has 190 valence electrons. The highest BCUT2D eigenvalue weighted by atomic mass is 35.5. The molecule has 0 aliphatic carbocycles. The molecule has 0 heterocycles. The lowest BCUT2D eigenvalue weighted by Crippen LogP contribution is -2.53. The van der Waals surface area contributed by atoms with Crippen LogP contribution in [0.4, 0.5) is 5.69 Å². The van der Waals surface area contributed by atoms with Gasteiger partial charge in [0.1, 0.15) is 12.1 Å². The van der Waals surface area contributed by atoms with Gasteiger partial charge in [0.15, 0.2) is 0 Å². The average Bonchev–Trinajstić information content (AvgIpc) is 2.84. The summed E-state index contributed by atoms with van der Waals surface area (Å²) in [6.45, 7) is 4.60. The van der Waals surface area contributed by atoms with Gasteiger partial charge in [-0.15, -0.1) is 23.2 Å². The molecule has 2 atom stereocenters. The molecule has 0 aliphatic heterocycles. The summed E-state index contributed by atoms with van der Waals surface area (Å²) < 4.78 is 5.17. The zero-order valence-electron chi connectivity index (χ0n) is 20.1. The summed E-state index contributed by atoms with van der Waals surface area (Å²) in [5, 5.41) is 5.47. The molecule has 0 saturated heterocycles. The zero-order chi connectivity index (χ0) is 25.6. The van der Waals surface area contributed by atoms with Crippen molar-refractivity contribution >= 4 is 46.7 Å². The number of halogens is 2. The molecule has 0 fully saturated rings. The summed E-state index contributed by atoms with van der Waals surface area (Å²) in [5.74, 6) is -0.353. The molecular formula is C26H33Cl2N3O4. The lowest BCUT2D eigenvalue weighted by molar-refractivity contribution is -0.147. The molecule has 0 spiro atoms. The minimum absolute atomic E-state index is 0.200. The maximum Gasteiger partial charge on any atom is 0.328 e. The average molecular weight is 522 g/mol. The molecule has 7 nitrogen and oxygen atoms in total. The van der Waals surface area contributed by atoms with Crippen LogP contribution in [0, 0.1) is 0 Å². The number of carbonyl (C=O) groups is 3. The fraction of sp³-hybridized carbons (Fsp3) is 0.423. The van der Waals surface area contributed by atoms with Crippen molar-refractivity contribution in [1.82, 2.24) is 10.6 Å². The first kappa shape index (κ1) is 28.5. The Bertz CT molecular complexity index is 935. The Labute approximate surface area is 217 Å². The second-order valence-electron chi connectivity index (χ2n) is 7.99. The van der Waals surface area contributed by atoms with E-state index in [0.29, 0.717) is 24.8 Å². The molecule has 2 aromatic carbocycles. The van der Waals surface area contributed by atoms with E-state index in [4.69, 9.17) is 27.9 Å². The SMILES string of the molecule is CCOC(=O)[C@@H](Cc1ccccc1)NC(=O)[C@H](Cc1ccc(N(CCCl)CCCl)cc1)NC(C)=O. The van der Waals surface area contributed by atoms with Crippen LogP contribution in [0.2, 0.25) is 0 Å². The van der Waals surface area contributed by atoms with Gasteiger partial charge in [0.25, 0.3) is 0 Å². The van der Waals surface area contributed by atoms with Gasteiger partial charge in [-0.2, -0.15) is 0 Å². The molecule has 2 aromatic rings. The molecule has 9 heteroatoms. The van der Waals surface area contributed by atoms with Crippen molar-refractivity contribution in [2.24, 2.45) is 0 Å². The van der Waals surface area contributed by atoms with Crippen LogP contribution in [0.15, 0.2) is 54.6 Å². The summed E-state index contributed by atoms with van der Waals surface area (Å²) in [5.41, 5.74) is 2.71. The Morgan fingerprint density at radius 1 is 0.857 bits per heavy atom. The van der Waals surface area contributed by atoms with Crippen LogP contribution in [0.25, 0.3) is 0 Å². The number of nitrogens with zero attached hydrogens (tertiary/aromatic N) is 1. The van der Waals surface area contributed by atoms with Gasteiger partial charge < -0.3 is 20.3 Å². The van der Waals surface area contributed by atoms with Crippen molar-refractivity contribution in [3.05, 3.63) is 65.7 Å². The summed E-state index contributed by atoms with van der Waals surface area (Å²) >= 11 is 11.8. The van der Waals surface area contributed by atoms with E-state index in [9.17, 15) is 14.4 Å². The summed E-state index contributed by atoms with van der Waals surface area (Å²) in [7, 11) is 0. The largest absolute Gasteiger partial charge is 0.464 e. The lowest BCUT2D eigenvalue weighted by Gasteiger charge is -2.24. The number of esters is 1. The van der Waals surface area contributed by atoms with Crippen LogP contribution < -0.4 is 15.5 Å². The summed E-state index contributed by atoms with van der Waals surface area (Å²) in [6, 6.07) is 15.3. The zero-order valence-corrected chi connectivity index (χ0v) is 21.6. The molecule has 0 unspecified atom stereocenters. The molecule has 0 aliphatic rings. The lowest BCUT2D eigenvalue weighted by atomic mass is 10.0. The first-order valence-electron chi connectivity index (χ1n) is 11.6. The second kappa shape index (κ2) is 15.3. The Morgan fingerprint density at radius 2 is 1.43 bits per heavy atom. The van der Waals surface area contributed by atoms with E-state index in [1.807, 2.05) is 54.6 Å². The quantitative estimate of drug-likeness (QED) is 0.294. The molecule has 2 rings (SSSR count). The first-order chi connectivity index (χ1) is 16.9. The maximum atomic E-state index is 13.2. The van der Waals surface area contributed by atoms with Gasteiger partial charge in [-0.05, 0) is 30.2 Å². The number of alkyl halides is 2. The van der Waals surface area contributed by atoms with E-state index in [1.54, 1.807) is 6.92 Å². The molecule has 0 saturated carbocycles. The number of rotatable bonds is 14. The van der Waals surface area contributed by atoms with Crippen LogP contribution in [-0.4, -0.2) is 61.3 Å². The van der Waals surface area contributed by atoms with Gasteiger partial charge >= 0.3 is 5.97 Å². The third-order valence-corrected chi connectivity index (χ3v) is 5.65. The van der Waals surface area contributed by atoms with E-state index >= 15 is 0 Å². The van der Waals surface area contributed by atoms with Crippen LogP contribution in [0.5, 0.6) is 0 Å². The van der Waals surface area contributed by atoms with E-state index in [2.05, 4.69) is 15.5 Å². The predicted octanol–water partition coefficient (Wildman–Crippen LogP) is 3.31. The Morgan fingerprint density at radius 3 is 1.97 bits per heavy atom. The van der Waals surface area contributed by atoms with Gasteiger partial charge in [0.2, 0.25) is 11.8 Å². The van der Waals surface area contributed by atoms with Gasteiger partial charge in [-0.3, -0.25) is 9.59 Å². The topological polar surface area (TPSA) is 87.7 Å². The minimum Gasteiger partial charge on any atom is -0.464 e. The smallest absolute Gasteiger partial charge is 0.328 e. The molecular weight excluding hydrogens is 489 g/mol. The standard InChI is InChI=1S/C26H33Cl2N3O4/c1-3-35-26(34)24(18-20-7-5-4-6-8-20)30-25(33)23(29-19(2)32)17-21-9-11-22(12-10-21)31(15-13-27)16-14-28/h4-12,23-24H,3,13-18H2,1-2H3,(H,29,32)(H,30,33)/t23-,24+/m0/s1. The van der Waals surface area contributed by atoms with E-state index in [-0.39, 0.29) is 25.4 Å². The van der Waals surface area contributed by atoms with Crippen molar-refractivity contribution < 1.29 is 19.1 Å². The van der Waals surface area contributed by atoms with E-state index < -0.39 is 24.0 Å². The van der Waals surface area contributed by atoms with Gasteiger partial charge in [-0.1, -0.05) is 42.5 Å². The fourth-order valence-corrected chi connectivity index (χ4v) is 4.07. The van der Waals surface area contributed by atoms with Crippen molar-refractivity contribution in [2.75, 3.05) is 36.4 Å². The highest BCUT2D eigenvalue weighted by molar-refractivity contribution is 6.18. The first-order valence-corrected chi connectivity index (χ1v) is 12.7. The number of hydrogen-bond acceptors (Lipinski definition) is 5. The second-order valence-corrected chi connectivity index (χ2v) is 8.75. The molecule has 2 N–H and O–H groups in total. The molecule has 0 bridgehead atoms. The highest BCUT2D eigenvalue weighted by Gasteiger charge is 2.27. The molecule has 0 radical (unpaired) electrons. The van der Waals surface area contributed by atoms with Crippen LogP contribution in [0.1, 0.15) is 25.0 Å².